The minimum absolute atomic E-state index is 0.162. The molecule has 17 heavy (non-hydrogen) atoms. The first-order valence-electron chi connectivity index (χ1n) is 5.78. The van der Waals surface area contributed by atoms with E-state index in [1.807, 2.05) is 6.92 Å². The quantitative estimate of drug-likeness (QED) is 0.881. The summed E-state index contributed by atoms with van der Waals surface area (Å²) in [6.07, 6.45) is 0.864. The third kappa shape index (κ3) is 2.62. The van der Waals surface area contributed by atoms with Gasteiger partial charge in [-0.15, -0.1) is 0 Å². The van der Waals surface area contributed by atoms with E-state index in [0.717, 1.165) is 12.8 Å². The van der Waals surface area contributed by atoms with Crippen molar-refractivity contribution in [2.75, 3.05) is 0 Å². The number of aliphatic hydroxyl groups is 1. The zero-order valence-corrected chi connectivity index (χ0v) is 10.7. The van der Waals surface area contributed by atoms with Gasteiger partial charge in [-0.05, 0) is 44.4 Å². The monoisotopic (exact) mass is 258 g/mol. The van der Waals surface area contributed by atoms with Gasteiger partial charge in [0, 0.05) is 10.6 Å². The Morgan fingerprint density at radius 2 is 2.18 bits per heavy atom. The summed E-state index contributed by atoms with van der Waals surface area (Å²) in [5, 5.41) is 10.5. The normalized spacial score (nSPS) is 26.2. The molecule has 1 saturated heterocycles. The number of hydrogen-bond acceptors (Lipinski definition) is 2. The number of hydrogen-bond donors (Lipinski definition) is 1. The third-order valence-corrected chi connectivity index (χ3v) is 3.54. The van der Waals surface area contributed by atoms with Crippen LogP contribution in [0.4, 0.5) is 4.39 Å². The van der Waals surface area contributed by atoms with Gasteiger partial charge in [-0.25, -0.2) is 4.39 Å². The summed E-state index contributed by atoms with van der Waals surface area (Å²) >= 11 is 5.96. The first-order valence-corrected chi connectivity index (χ1v) is 6.16. The van der Waals surface area contributed by atoms with Crippen molar-refractivity contribution in [1.82, 2.24) is 0 Å². The van der Waals surface area contributed by atoms with E-state index in [4.69, 9.17) is 16.3 Å². The minimum Gasteiger partial charge on any atom is -0.386 e. The van der Waals surface area contributed by atoms with Crippen LogP contribution >= 0.6 is 11.6 Å². The van der Waals surface area contributed by atoms with E-state index in [0.29, 0.717) is 11.1 Å². The van der Waals surface area contributed by atoms with E-state index in [2.05, 4.69) is 0 Å². The van der Waals surface area contributed by atoms with Crippen molar-refractivity contribution in [1.29, 1.82) is 0 Å². The summed E-state index contributed by atoms with van der Waals surface area (Å²) in [5.41, 5.74) is 1.03. The standard InChI is InChI=1S/C13H16ClFO2/c1-7-5-9(10(14)6-11(7)15)13(16)12-4-3-8(2)17-12/h5-6,8,12-13,16H,3-4H2,1-2H3. The van der Waals surface area contributed by atoms with Gasteiger partial charge in [-0.2, -0.15) is 0 Å². The molecule has 1 aliphatic heterocycles. The van der Waals surface area contributed by atoms with Gasteiger partial charge in [-0.3, -0.25) is 0 Å². The van der Waals surface area contributed by atoms with Crippen LogP contribution in [-0.2, 0) is 4.74 Å². The van der Waals surface area contributed by atoms with Crippen LogP contribution in [0, 0.1) is 12.7 Å². The first-order chi connectivity index (χ1) is 7.99. The summed E-state index contributed by atoms with van der Waals surface area (Å²) in [6, 6.07) is 2.84. The van der Waals surface area contributed by atoms with Crippen LogP contribution in [0.15, 0.2) is 12.1 Å². The Morgan fingerprint density at radius 3 is 2.76 bits per heavy atom. The highest BCUT2D eigenvalue weighted by atomic mass is 35.5. The lowest BCUT2D eigenvalue weighted by Gasteiger charge is -2.20. The van der Waals surface area contributed by atoms with Crippen LogP contribution in [0.2, 0.25) is 5.02 Å². The van der Waals surface area contributed by atoms with Gasteiger partial charge in [0.15, 0.2) is 0 Å². The smallest absolute Gasteiger partial charge is 0.127 e. The molecule has 4 heteroatoms. The van der Waals surface area contributed by atoms with Crippen molar-refractivity contribution < 1.29 is 14.2 Å². The number of aliphatic hydroxyl groups excluding tert-OH is 1. The van der Waals surface area contributed by atoms with E-state index in [1.165, 1.54) is 6.07 Å². The molecule has 1 aliphatic rings. The van der Waals surface area contributed by atoms with Gasteiger partial charge in [-0.1, -0.05) is 11.6 Å². The highest BCUT2D eigenvalue weighted by Crippen LogP contribution is 2.34. The van der Waals surface area contributed by atoms with Crippen molar-refractivity contribution in [2.24, 2.45) is 0 Å². The summed E-state index contributed by atoms with van der Waals surface area (Å²) in [6.45, 7) is 3.63. The Hall–Kier alpha value is -0.640. The van der Waals surface area contributed by atoms with E-state index >= 15 is 0 Å². The maximum Gasteiger partial charge on any atom is 0.127 e. The van der Waals surface area contributed by atoms with Crippen LogP contribution in [0.3, 0.4) is 0 Å². The van der Waals surface area contributed by atoms with Crippen molar-refractivity contribution in [3.05, 3.63) is 34.1 Å². The largest absolute Gasteiger partial charge is 0.386 e. The number of aryl methyl sites for hydroxylation is 1. The molecular weight excluding hydrogens is 243 g/mol. The SMILES string of the molecule is Cc1cc(C(O)C2CCC(C)O2)c(Cl)cc1F. The molecule has 1 N–H and O–H groups in total. The maximum atomic E-state index is 13.3. The second-order valence-electron chi connectivity index (χ2n) is 4.63. The summed E-state index contributed by atoms with van der Waals surface area (Å²) in [7, 11) is 0. The molecule has 2 rings (SSSR count). The molecular formula is C13H16ClFO2. The second kappa shape index (κ2) is 4.92. The van der Waals surface area contributed by atoms with Crippen LogP contribution in [0.5, 0.6) is 0 Å². The average molecular weight is 259 g/mol. The minimum atomic E-state index is -0.785. The van der Waals surface area contributed by atoms with Gasteiger partial charge in [0.1, 0.15) is 11.9 Å². The van der Waals surface area contributed by atoms with Crippen molar-refractivity contribution in [3.8, 4) is 0 Å². The molecule has 1 aromatic rings. The molecule has 0 spiro atoms. The Labute approximate surface area is 105 Å². The number of benzene rings is 1. The average Bonchev–Trinajstić information content (AvgIpc) is 2.69. The molecule has 3 atom stereocenters. The third-order valence-electron chi connectivity index (χ3n) is 3.21. The predicted octanol–water partition coefficient (Wildman–Crippen LogP) is 3.39. The second-order valence-corrected chi connectivity index (χ2v) is 5.04. The zero-order valence-electron chi connectivity index (χ0n) is 9.91. The molecule has 2 nitrogen and oxygen atoms in total. The molecule has 94 valence electrons. The molecule has 3 unspecified atom stereocenters. The fourth-order valence-corrected chi connectivity index (χ4v) is 2.43. The van der Waals surface area contributed by atoms with Crippen LogP contribution < -0.4 is 0 Å². The molecule has 0 radical (unpaired) electrons. The van der Waals surface area contributed by atoms with Crippen LogP contribution in [0.1, 0.15) is 37.0 Å². The lowest BCUT2D eigenvalue weighted by atomic mass is 10.00. The Bertz CT molecular complexity index is 422. The zero-order chi connectivity index (χ0) is 12.6. The fourth-order valence-electron chi connectivity index (χ4n) is 2.17. The Balaban J connectivity index is 2.24. The molecule has 0 aliphatic carbocycles. The van der Waals surface area contributed by atoms with Crippen LogP contribution in [0.25, 0.3) is 0 Å². The molecule has 0 bridgehead atoms. The molecule has 0 saturated carbocycles. The summed E-state index contributed by atoms with van der Waals surface area (Å²) in [4.78, 5) is 0. The van der Waals surface area contributed by atoms with Gasteiger partial charge in [0.25, 0.3) is 0 Å². The fraction of sp³-hybridized carbons (Fsp3) is 0.538. The van der Waals surface area contributed by atoms with Crippen LogP contribution in [-0.4, -0.2) is 17.3 Å². The number of rotatable bonds is 2. The van der Waals surface area contributed by atoms with Gasteiger partial charge in [0.05, 0.1) is 12.2 Å². The van der Waals surface area contributed by atoms with Gasteiger partial charge >= 0.3 is 0 Å². The maximum absolute atomic E-state index is 13.3. The van der Waals surface area contributed by atoms with Crippen molar-refractivity contribution >= 4 is 11.6 Å². The molecule has 1 heterocycles. The highest BCUT2D eigenvalue weighted by Gasteiger charge is 2.30. The topological polar surface area (TPSA) is 29.5 Å². The van der Waals surface area contributed by atoms with E-state index < -0.39 is 6.10 Å². The summed E-state index contributed by atoms with van der Waals surface area (Å²) < 4.78 is 18.9. The Kier molecular flexibility index (Phi) is 3.71. The molecule has 0 aromatic heterocycles. The van der Waals surface area contributed by atoms with E-state index in [-0.39, 0.29) is 23.0 Å². The highest BCUT2D eigenvalue weighted by molar-refractivity contribution is 6.31. The Morgan fingerprint density at radius 1 is 1.47 bits per heavy atom. The van der Waals surface area contributed by atoms with E-state index in [9.17, 15) is 9.50 Å². The number of halogens is 2. The van der Waals surface area contributed by atoms with Gasteiger partial charge < -0.3 is 9.84 Å². The molecule has 1 aromatic carbocycles. The lowest BCUT2D eigenvalue weighted by molar-refractivity contribution is -0.0297. The molecule has 1 fully saturated rings. The first kappa shape index (κ1) is 12.8. The number of ether oxygens (including phenoxy) is 1. The predicted molar refractivity (Wildman–Crippen MR) is 64.7 cm³/mol. The summed E-state index contributed by atoms with van der Waals surface area (Å²) in [5.74, 6) is -0.355. The van der Waals surface area contributed by atoms with Crippen molar-refractivity contribution in [3.63, 3.8) is 0 Å². The molecule has 0 amide bonds. The lowest BCUT2D eigenvalue weighted by Crippen LogP contribution is -2.19. The van der Waals surface area contributed by atoms with Gasteiger partial charge in [0.2, 0.25) is 0 Å². The van der Waals surface area contributed by atoms with Crippen molar-refractivity contribution in [2.45, 2.75) is 45.0 Å². The van der Waals surface area contributed by atoms with E-state index in [1.54, 1.807) is 13.0 Å².